The highest BCUT2D eigenvalue weighted by molar-refractivity contribution is 6.31. The topological polar surface area (TPSA) is 95.5 Å². The van der Waals surface area contributed by atoms with Gasteiger partial charge in [0, 0.05) is 18.2 Å². The number of ether oxygens (including phenoxy) is 1. The Morgan fingerprint density at radius 3 is 2.83 bits per heavy atom. The summed E-state index contributed by atoms with van der Waals surface area (Å²) < 4.78 is 13.1. The molecule has 0 saturated carbocycles. The standard InChI is InChI=1S/C20H20ClN3O5/c21-13-5-6-17-16(9-13)19(26)24(11-15-4-2-8-29-15)20(27)23(17)12-18(25)22-10-14-3-1-7-28-14/h2,4-6,8-9,14H,1,3,7,10-12H2,(H,22,25)/t14-/m1/s1. The maximum atomic E-state index is 13.1. The van der Waals surface area contributed by atoms with E-state index in [0.717, 1.165) is 17.4 Å². The fourth-order valence-electron chi connectivity index (χ4n) is 3.48. The summed E-state index contributed by atoms with van der Waals surface area (Å²) in [5.41, 5.74) is -0.722. The van der Waals surface area contributed by atoms with Crippen LogP contribution in [0.2, 0.25) is 5.02 Å². The lowest BCUT2D eigenvalue weighted by Crippen LogP contribution is -2.43. The van der Waals surface area contributed by atoms with Gasteiger partial charge in [0.15, 0.2) is 0 Å². The lowest BCUT2D eigenvalue weighted by molar-refractivity contribution is -0.122. The Kier molecular flexibility index (Phi) is 5.55. The summed E-state index contributed by atoms with van der Waals surface area (Å²) in [4.78, 5) is 38.4. The summed E-state index contributed by atoms with van der Waals surface area (Å²) in [6, 6.07) is 8.01. The molecule has 29 heavy (non-hydrogen) atoms. The first kappa shape index (κ1) is 19.5. The summed E-state index contributed by atoms with van der Waals surface area (Å²) in [7, 11) is 0. The van der Waals surface area contributed by atoms with Crippen molar-refractivity contribution in [3.05, 3.63) is 68.2 Å². The highest BCUT2D eigenvalue weighted by Crippen LogP contribution is 2.16. The number of hydrogen-bond donors (Lipinski definition) is 1. The molecule has 4 rings (SSSR count). The molecule has 1 aromatic carbocycles. The van der Waals surface area contributed by atoms with Gasteiger partial charge in [0.1, 0.15) is 12.3 Å². The second-order valence-corrected chi connectivity index (χ2v) is 7.38. The zero-order valence-electron chi connectivity index (χ0n) is 15.6. The molecule has 2 aromatic heterocycles. The smallest absolute Gasteiger partial charge is 0.332 e. The van der Waals surface area contributed by atoms with E-state index in [2.05, 4.69) is 5.32 Å². The Hall–Kier alpha value is -2.84. The zero-order chi connectivity index (χ0) is 20.4. The third kappa shape index (κ3) is 4.13. The van der Waals surface area contributed by atoms with Crippen molar-refractivity contribution in [3.8, 4) is 0 Å². The van der Waals surface area contributed by atoms with E-state index in [1.165, 1.54) is 16.9 Å². The minimum atomic E-state index is -0.589. The first-order valence-electron chi connectivity index (χ1n) is 9.36. The van der Waals surface area contributed by atoms with Crippen molar-refractivity contribution in [2.75, 3.05) is 13.2 Å². The van der Waals surface area contributed by atoms with E-state index in [4.69, 9.17) is 20.8 Å². The molecule has 0 aliphatic carbocycles. The fourth-order valence-corrected chi connectivity index (χ4v) is 3.65. The van der Waals surface area contributed by atoms with Crippen LogP contribution >= 0.6 is 11.6 Å². The van der Waals surface area contributed by atoms with Gasteiger partial charge < -0.3 is 14.5 Å². The van der Waals surface area contributed by atoms with Crippen molar-refractivity contribution in [1.29, 1.82) is 0 Å². The Balaban J connectivity index is 1.70. The SMILES string of the molecule is O=C(Cn1c(=O)n(Cc2ccco2)c(=O)c2cc(Cl)ccc21)NC[C@H]1CCCO1. The van der Waals surface area contributed by atoms with Crippen LogP contribution in [0.3, 0.4) is 0 Å². The van der Waals surface area contributed by atoms with Crippen LogP contribution in [-0.4, -0.2) is 34.3 Å². The third-order valence-electron chi connectivity index (χ3n) is 4.93. The molecule has 3 heterocycles. The molecule has 1 aliphatic rings. The summed E-state index contributed by atoms with van der Waals surface area (Å²) >= 11 is 6.06. The van der Waals surface area contributed by atoms with Crippen molar-refractivity contribution in [2.24, 2.45) is 0 Å². The van der Waals surface area contributed by atoms with Gasteiger partial charge in [-0.05, 0) is 43.2 Å². The number of amides is 1. The largest absolute Gasteiger partial charge is 0.467 e. The van der Waals surface area contributed by atoms with Gasteiger partial charge in [-0.2, -0.15) is 0 Å². The Bertz CT molecular complexity index is 1140. The Morgan fingerprint density at radius 2 is 2.10 bits per heavy atom. The van der Waals surface area contributed by atoms with Gasteiger partial charge in [0.05, 0.1) is 29.8 Å². The van der Waals surface area contributed by atoms with Gasteiger partial charge in [-0.1, -0.05) is 11.6 Å². The van der Waals surface area contributed by atoms with Gasteiger partial charge in [-0.25, -0.2) is 4.79 Å². The quantitative estimate of drug-likeness (QED) is 0.659. The van der Waals surface area contributed by atoms with Gasteiger partial charge >= 0.3 is 5.69 Å². The number of nitrogens with zero attached hydrogens (tertiary/aromatic N) is 2. The van der Waals surface area contributed by atoms with Crippen molar-refractivity contribution < 1.29 is 13.9 Å². The maximum Gasteiger partial charge on any atom is 0.332 e. The molecule has 0 radical (unpaired) electrons. The number of carbonyl (C=O) groups excluding carboxylic acids is 1. The molecule has 0 unspecified atom stereocenters. The van der Waals surface area contributed by atoms with E-state index in [-0.39, 0.29) is 30.5 Å². The summed E-state index contributed by atoms with van der Waals surface area (Å²) in [6.07, 6.45) is 3.34. The summed E-state index contributed by atoms with van der Waals surface area (Å²) in [6.45, 7) is 0.833. The van der Waals surface area contributed by atoms with Crippen molar-refractivity contribution >= 4 is 28.4 Å². The van der Waals surface area contributed by atoms with Gasteiger partial charge in [-0.3, -0.25) is 18.7 Å². The van der Waals surface area contributed by atoms with Crippen molar-refractivity contribution in [3.63, 3.8) is 0 Å². The number of hydrogen-bond acceptors (Lipinski definition) is 5. The van der Waals surface area contributed by atoms with E-state index in [1.54, 1.807) is 24.3 Å². The molecule has 9 heteroatoms. The molecule has 1 N–H and O–H groups in total. The second-order valence-electron chi connectivity index (χ2n) is 6.94. The lowest BCUT2D eigenvalue weighted by atomic mass is 10.2. The van der Waals surface area contributed by atoms with Crippen LogP contribution in [0.4, 0.5) is 0 Å². The number of aromatic nitrogens is 2. The predicted molar refractivity (Wildman–Crippen MR) is 107 cm³/mol. The molecule has 0 spiro atoms. The van der Waals surface area contributed by atoms with E-state index >= 15 is 0 Å². The van der Waals surface area contributed by atoms with Gasteiger partial charge in [0.2, 0.25) is 5.91 Å². The number of furan rings is 1. The van der Waals surface area contributed by atoms with Crippen LogP contribution in [-0.2, 0) is 22.6 Å². The molecule has 1 saturated heterocycles. The monoisotopic (exact) mass is 417 g/mol. The van der Waals surface area contributed by atoms with Crippen LogP contribution in [0.1, 0.15) is 18.6 Å². The van der Waals surface area contributed by atoms with Gasteiger partial charge in [-0.15, -0.1) is 0 Å². The molecule has 1 atom stereocenters. The van der Waals surface area contributed by atoms with E-state index < -0.39 is 11.2 Å². The number of rotatable bonds is 6. The van der Waals surface area contributed by atoms with E-state index in [9.17, 15) is 14.4 Å². The fraction of sp³-hybridized carbons (Fsp3) is 0.350. The number of fused-ring (bicyclic) bond motifs is 1. The van der Waals surface area contributed by atoms with Crippen LogP contribution in [0.15, 0.2) is 50.6 Å². The molecule has 152 valence electrons. The van der Waals surface area contributed by atoms with Crippen LogP contribution in [0.5, 0.6) is 0 Å². The molecule has 0 bridgehead atoms. The number of carbonyl (C=O) groups is 1. The van der Waals surface area contributed by atoms with Crippen molar-refractivity contribution in [2.45, 2.75) is 32.0 Å². The van der Waals surface area contributed by atoms with Crippen LogP contribution < -0.4 is 16.6 Å². The average Bonchev–Trinajstić information content (AvgIpc) is 3.41. The maximum absolute atomic E-state index is 13.1. The summed E-state index contributed by atoms with van der Waals surface area (Å²) in [5, 5.41) is 3.43. The molecular weight excluding hydrogens is 398 g/mol. The number of halogens is 1. The number of benzene rings is 1. The zero-order valence-corrected chi connectivity index (χ0v) is 16.4. The van der Waals surface area contributed by atoms with Crippen molar-refractivity contribution in [1.82, 2.24) is 14.5 Å². The molecule has 3 aromatic rings. The minimum absolute atomic E-state index is 0.000806. The summed E-state index contributed by atoms with van der Waals surface area (Å²) in [5.74, 6) is 0.127. The third-order valence-corrected chi connectivity index (χ3v) is 5.17. The Morgan fingerprint density at radius 1 is 1.24 bits per heavy atom. The van der Waals surface area contributed by atoms with E-state index in [0.29, 0.717) is 29.5 Å². The lowest BCUT2D eigenvalue weighted by Gasteiger charge is -2.15. The molecular formula is C20H20ClN3O5. The molecule has 1 amide bonds. The molecule has 1 aliphatic heterocycles. The van der Waals surface area contributed by atoms with E-state index in [1.807, 2.05) is 0 Å². The number of nitrogens with one attached hydrogen (secondary N) is 1. The normalized spacial score (nSPS) is 16.4. The first-order valence-corrected chi connectivity index (χ1v) is 9.74. The molecule has 1 fully saturated rings. The Labute approximate surface area is 170 Å². The highest BCUT2D eigenvalue weighted by Gasteiger charge is 2.19. The van der Waals surface area contributed by atoms with Crippen LogP contribution in [0, 0.1) is 0 Å². The minimum Gasteiger partial charge on any atom is -0.467 e. The average molecular weight is 418 g/mol. The highest BCUT2D eigenvalue weighted by atomic mass is 35.5. The second kappa shape index (κ2) is 8.26. The first-order chi connectivity index (χ1) is 14.0. The van der Waals surface area contributed by atoms with Gasteiger partial charge in [0.25, 0.3) is 5.56 Å². The predicted octanol–water partition coefficient (Wildman–Crippen LogP) is 1.75. The van der Waals surface area contributed by atoms with Crippen LogP contribution in [0.25, 0.3) is 10.9 Å². The molecule has 8 nitrogen and oxygen atoms in total.